The third-order valence-electron chi connectivity index (χ3n) is 2.94. The molecule has 2 aliphatic rings. The molecule has 1 saturated heterocycles. The number of cyclic esters (lactones) is 1. The minimum absolute atomic E-state index is 0.0442. The quantitative estimate of drug-likeness (QED) is 0.516. The molecule has 0 aromatic carbocycles. The molecule has 0 aromatic heterocycles. The van der Waals surface area contributed by atoms with E-state index < -0.39 is 11.2 Å². The van der Waals surface area contributed by atoms with Crippen LogP contribution in [0.25, 0.3) is 0 Å². The first-order chi connectivity index (χ1) is 7.02. The summed E-state index contributed by atoms with van der Waals surface area (Å²) in [5.74, 6) is -1.68. The Hall–Kier alpha value is -1.04. The van der Waals surface area contributed by atoms with Crippen LogP contribution in [-0.4, -0.2) is 40.7 Å². The van der Waals surface area contributed by atoms with Crippen molar-refractivity contribution in [3.05, 3.63) is 0 Å². The zero-order chi connectivity index (χ0) is 11.2. The van der Waals surface area contributed by atoms with Gasteiger partial charge in [-0.2, -0.15) is 12.6 Å². The Morgan fingerprint density at radius 2 is 2.33 bits per heavy atom. The molecule has 0 aromatic rings. The molecule has 5 nitrogen and oxygen atoms in total. The van der Waals surface area contributed by atoms with Crippen LogP contribution < -0.4 is 0 Å². The first kappa shape index (κ1) is 10.5. The third-order valence-corrected chi connectivity index (χ3v) is 3.66. The summed E-state index contributed by atoms with van der Waals surface area (Å²) in [6.45, 7) is 2.19. The van der Waals surface area contributed by atoms with Crippen molar-refractivity contribution in [3.8, 4) is 0 Å². The summed E-state index contributed by atoms with van der Waals surface area (Å²) in [7, 11) is 0. The number of nitrogens with zero attached hydrogens (tertiary/aromatic N) is 1. The summed E-state index contributed by atoms with van der Waals surface area (Å²) in [5, 5.41) is 8.46. The van der Waals surface area contributed by atoms with Crippen molar-refractivity contribution in [3.63, 3.8) is 0 Å². The number of carbonyl (C=O) groups excluding carboxylic acids is 1. The average Bonchev–Trinajstić information content (AvgIpc) is 2.44. The van der Waals surface area contributed by atoms with E-state index in [4.69, 9.17) is 5.11 Å². The van der Waals surface area contributed by atoms with Crippen LogP contribution in [0.15, 0.2) is 4.99 Å². The van der Waals surface area contributed by atoms with Gasteiger partial charge in [-0.3, -0.25) is 9.79 Å². The lowest BCUT2D eigenvalue weighted by Gasteiger charge is -2.30. The molecule has 4 atom stereocenters. The average molecular weight is 229 g/mol. The fourth-order valence-corrected chi connectivity index (χ4v) is 2.27. The topological polar surface area (TPSA) is 76.0 Å². The van der Waals surface area contributed by atoms with E-state index >= 15 is 0 Å². The molecule has 0 aliphatic carbocycles. The van der Waals surface area contributed by atoms with Gasteiger partial charge in [-0.05, 0) is 5.92 Å². The first-order valence-corrected chi connectivity index (χ1v) is 5.19. The fourth-order valence-electron chi connectivity index (χ4n) is 1.91. The van der Waals surface area contributed by atoms with Crippen LogP contribution in [0.1, 0.15) is 6.92 Å². The van der Waals surface area contributed by atoms with Crippen molar-refractivity contribution in [2.45, 2.75) is 18.2 Å². The number of aliphatic imine (C=N–C) groups is 1. The van der Waals surface area contributed by atoms with Gasteiger partial charge >= 0.3 is 11.9 Å². The van der Waals surface area contributed by atoms with E-state index in [1.807, 2.05) is 6.92 Å². The van der Waals surface area contributed by atoms with E-state index in [-0.39, 0.29) is 29.6 Å². The van der Waals surface area contributed by atoms with Crippen LogP contribution in [0.4, 0.5) is 0 Å². The molecule has 82 valence electrons. The molecule has 2 rings (SSSR count). The van der Waals surface area contributed by atoms with Crippen molar-refractivity contribution in [1.82, 2.24) is 0 Å². The van der Waals surface area contributed by atoms with Crippen molar-refractivity contribution in [2.24, 2.45) is 16.8 Å². The second-order valence-corrected chi connectivity index (χ2v) is 4.41. The van der Waals surface area contributed by atoms with Crippen molar-refractivity contribution in [1.29, 1.82) is 0 Å². The lowest BCUT2D eigenvalue weighted by atomic mass is 9.87. The molecule has 0 bridgehead atoms. The lowest BCUT2D eigenvalue weighted by molar-refractivity contribution is -0.170. The van der Waals surface area contributed by atoms with Crippen molar-refractivity contribution < 1.29 is 19.4 Å². The predicted octanol–water partition coefficient (Wildman–Crippen LogP) is 0.00170. The Morgan fingerprint density at radius 1 is 1.67 bits per heavy atom. The van der Waals surface area contributed by atoms with Gasteiger partial charge < -0.3 is 9.84 Å². The molecule has 0 amide bonds. The largest absolute Gasteiger partial charge is 0.477 e. The van der Waals surface area contributed by atoms with E-state index in [2.05, 4.69) is 22.4 Å². The molecule has 1 fully saturated rings. The molecular weight excluding hydrogens is 218 g/mol. The third kappa shape index (κ3) is 1.52. The van der Waals surface area contributed by atoms with Gasteiger partial charge in [-0.15, -0.1) is 0 Å². The maximum atomic E-state index is 11.1. The standard InChI is InChI=1S/C9H11NO4S/c1-3-5(4-2-14-9(4)13)10-6(7(3)15)8(11)12/h3-5,7,15H,2H2,1H3,(H,11,12)/t3-,4-,5?,7?/m1/s1. The minimum Gasteiger partial charge on any atom is -0.477 e. The number of hydrogen-bond donors (Lipinski definition) is 2. The number of thiol groups is 1. The monoisotopic (exact) mass is 229 g/mol. The number of carbonyl (C=O) groups is 2. The van der Waals surface area contributed by atoms with Crippen molar-refractivity contribution in [2.75, 3.05) is 6.61 Å². The predicted molar refractivity (Wildman–Crippen MR) is 55.2 cm³/mol. The number of hydrogen-bond acceptors (Lipinski definition) is 5. The Morgan fingerprint density at radius 3 is 2.67 bits per heavy atom. The summed E-state index contributed by atoms with van der Waals surface area (Å²) >= 11 is 4.20. The van der Waals surface area contributed by atoms with Gasteiger partial charge in [0.1, 0.15) is 18.2 Å². The number of ether oxygens (including phenoxy) is 1. The van der Waals surface area contributed by atoms with Crippen LogP contribution in [0, 0.1) is 11.8 Å². The number of aliphatic carboxylic acids is 1. The van der Waals surface area contributed by atoms with E-state index in [0.717, 1.165) is 0 Å². The maximum absolute atomic E-state index is 11.1. The van der Waals surface area contributed by atoms with Crippen molar-refractivity contribution >= 4 is 30.3 Å². The normalized spacial score (nSPS) is 39.3. The summed E-state index contributed by atoms with van der Waals surface area (Å²) in [4.78, 5) is 26.0. The van der Waals surface area contributed by atoms with E-state index in [1.165, 1.54) is 0 Å². The molecule has 6 heteroatoms. The molecule has 2 aliphatic heterocycles. The summed E-state index contributed by atoms with van der Waals surface area (Å²) < 4.78 is 4.65. The number of esters is 1. The first-order valence-electron chi connectivity index (χ1n) is 4.68. The summed E-state index contributed by atoms with van der Waals surface area (Å²) in [6.07, 6.45) is 0. The zero-order valence-corrected chi connectivity index (χ0v) is 8.98. The molecule has 2 unspecified atom stereocenters. The fraction of sp³-hybridized carbons (Fsp3) is 0.667. The highest BCUT2D eigenvalue weighted by Crippen LogP contribution is 2.34. The van der Waals surface area contributed by atoms with E-state index in [0.29, 0.717) is 6.61 Å². The SMILES string of the molecule is C[C@H]1C(S)C(C(=O)O)=NC1[C@H]1COC1=O. The molecule has 0 spiro atoms. The summed E-state index contributed by atoms with van der Waals surface area (Å²) in [5.41, 5.74) is 0.0514. The number of rotatable bonds is 2. The highest BCUT2D eigenvalue weighted by molar-refractivity contribution is 7.82. The number of carboxylic acids is 1. The van der Waals surface area contributed by atoms with Gasteiger partial charge in [0, 0.05) is 0 Å². The highest BCUT2D eigenvalue weighted by Gasteiger charge is 2.47. The molecule has 0 radical (unpaired) electrons. The van der Waals surface area contributed by atoms with E-state index in [9.17, 15) is 9.59 Å². The van der Waals surface area contributed by atoms with Gasteiger partial charge in [0.15, 0.2) is 0 Å². The Bertz CT molecular complexity index is 354. The Balaban J connectivity index is 2.20. The highest BCUT2D eigenvalue weighted by atomic mass is 32.1. The molecule has 1 N–H and O–H groups in total. The second-order valence-electron chi connectivity index (χ2n) is 3.85. The molecule has 0 saturated carbocycles. The van der Waals surface area contributed by atoms with Gasteiger partial charge in [0.25, 0.3) is 0 Å². The second kappa shape index (κ2) is 3.52. The van der Waals surface area contributed by atoms with Gasteiger partial charge in [-0.1, -0.05) is 6.92 Å². The minimum atomic E-state index is -1.06. The summed E-state index contributed by atoms with van der Waals surface area (Å²) in [6, 6.07) is -0.292. The zero-order valence-electron chi connectivity index (χ0n) is 8.08. The van der Waals surface area contributed by atoms with Crippen LogP contribution in [0.2, 0.25) is 0 Å². The maximum Gasteiger partial charge on any atom is 0.350 e. The van der Waals surface area contributed by atoms with Gasteiger partial charge in [0.2, 0.25) is 0 Å². The van der Waals surface area contributed by atoms with Crippen LogP contribution >= 0.6 is 12.6 Å². The Kier molecular flexibility index (Phi) is 2.46. The van der Waals surface area contributed by atoms with Crippen LogP contribution in [0.3, 0.4) is 0 Å². The molecular formula is C9H11NO4S. The van der Waals surface area contributed by atoms with Crippen LogP contribution in [-0.2, 0) is 14.3 Å². The van der Waals surface area contributed by atoms with Gasteiger partial charge in [-0.25, -0.2) is 4.79 Å². The smallest absolute Gasteiger partial charge is 0.350 e. The Labute approximate surface area is 91.9 Å². The number of carboxylic acid groups (broad SMARTS) is 1. The van der Waals surface area contributed by atoms with Crippen LogP contribution in [0.5, 0.6) is 0 Å². The molecule has 15 heavy (non-hydrogen) atoms. The van der Waals surface area contributed by atoms with E-state index in [1.54, 1.807) is 0 Å². The molecule has 2 heterocycles. The van der Waals surface area contributed by atoms with Gasteiger partial charge in [0.05, 0.1) is 11.3 Å². The lowest BCUT2D eigenvalue weighted by Crippen LogP contribution is -2.44.